The largest absolute Gasteiger partial charge is 0.475 e. The van der Waals surface area contributed by atoms with Crippen LogP contribution in [0.3, 0.4) is 0 Å². The molecule has 0 aromatic carbocycles. The average molecular weight is 331 g/mol. The molecule has 0 radical (unpaired) electrons. The Hall–Kier alpha value is -1.38. The van der Waals surface area contributed by atoms with Crippen LogP contribution in [0, 0.1) is 5.82 Å². The molecule has 6 nitrogen and oxygen atoms in total. The Morgan fingerprint density at radius 1 is 1.43 bits per heavy atom. The molecule has 0 saturated heterocycles. The number of nitrogens with zero attached hydrogens (tertiary/aromatic N) is 4. The lowest BCUT2D eigenvalue weighted by Crippen LogP contribution is -2.30. The first-order valence-corrected chi connectivity index (χ1v) is 7.85. The van der Waals surface area contributed by atoms with Gasteiger partial charge in [-0.2, -0.15) is 4.98 Å². The molecule has 0 aliphatic carbocycles. The van der Waals surface area contributed by atoms with E-state index in [9.17, 15) is 9.50 Å². The molecule has 0 spiro atoms. The number of anilines is 1. The van der Waals surface area contributed by atoms with E-state index in [-0.39, 0.29) is 23.2 Å². The van der Waals surface area contributed by atoms with Gasteiger partial charge in [-0.25, -0.2) is 14.4 Å². The van der Waals surface area contributed by atoms with Crippen molar-refractivity contribution in [2.24, 2.45) is 0 Å². The molecule has 2 aromatic rings. The van der Waals surface area contributed by atoms with E-state index in [1.54, 1.807) is 6.26 Å². The molecule has 1 N–H and O–H groups in total. The van der Waals surface area contributed by atoms with Gasteiger partial charge in [-0.15, -0.1) is 0 Å². The zero-order chi connectivity index (χ0) is 15.0. The van der Waals surface area contributed by atoms with Crippen LogP contribution >= 0.6 is 23.4 Å². The van der Waals surface area contributed by atoms with Gasteiger partial charge in [-0.3, -0.25) is 0 Å². The Bertz CT molecular complexity index is 703. The smallest absolute Gasteiger partial charge is 0.228 e. The molecule has 112 valence electrons. The fourth-order valence-electron chi connectivity index (χ4n) is 2.20. The topological polar surface area (TPSA) is 71.4 Å². The van der Waals surface area contributed by atoms with Gasteiger partial charge in [-0.1, -0.05) is 23.4 Å². The van der Waals surface area contributed by atoms with E-state index in [4.69, 9.17) is 16.3 Å². The van der Waals surface area contributed by atoms with E-state index in [0.717, 1.165) is 0 Å². The van der Waals surface area contributed by atoms with Gasteiger partial charge in [0.2, 0.25) is 5.88 Å². The van der Waals surface area contributed by atoms with Crippen LogP contribution < -0.4 is 9.64 Å². The van der Waals surface area contributed by atoms with Crippen molar-refractivity contribution in [3.05, 3.63) is 11.0 Å². The SMILES string of the molecule is CSc1nc2c3c(nc(Cl)c(F)c3n1)OCCN2CCO. The Balaban J connectivity index is 2.35. The number of pyridine rings is 1. The summed E-state index contributed by atoms with van der Waals surface area (Å²) in [5.74, 6) is 0.0391. The van der Waals surface area contributed by atoms with Crippen molar-refractivity contribution in [1.82, 2.24) is 15.0 Å². The zero-order valence-electron chi connectivity index (χ0n) is 11.1. The average Bonchev–Trinajstić information content (AvgIpc) is 2.65. The number of hydrogen-bond acceptors (Lipinski definition) is 7. The highest BCUT2D eigenvalue weighted by Crippen LogP contribution is 2.37. The minimum absolute atomic E-state index is 0.0427. The highest BCUT2D eigenvalue weighted by molar-refractivity contribution is 7.98. The molecule has 9 heteroatoms. The lowest BCUT2D eigenvalue weighted by Gasteiger charge is -2.21. The number of halogens is 2. The van der Waals surface area contributed by atoms with Crippen LogP contribution in [0.15, 0.2) is 5.16 Å². The molecule has 21 heavy (non-hydrogen) atoms. The summed E-state index contributed by atoms with van der Waals surface area (Å²) < 4.78 is 19.8. The summed E-state index contributed by atoms with van der Waals surface area (Å²) in [6, 6.07) is 0. The van der Waals surface area contributed by atoms with Crippen LogP contribution in [0.25, 0.3) is 10.9 Å². The number of aliphatic hydroxyl groups excluding tert-OH is 1. The van der Waals surface area contributed by atoms with Crippen molar-refractivity contribution in [2.45, 2.75) is 5.16 Å². The lowest BCUT2D eigenvalue weighted by molar-refractivity contribution is 0.290. The number of thioether (sulfide) groups is 1. The second-order valence-electron chi connectivity index (χ2n) is 4.34. The zero-order valence-corrected chi connectivity index (χ0v) is 12.7. The molecule has 0 bridgehead atoms. The minimum Gasteiger partial charge on any atom is -0.475 e. The normalized spacial score (nSPS) is 14.2. The number of β-amino-alcohol motifs (C(OH)–C–C–N with tert-alkyl or cyclic N) is 1. The summed E-state index contributed by atoms with van der Waals surface area (Å²) in [6.45, 7) is 1.18. The molecule has 1 aliphatic rings. The lowest BCUT2D eigenvalue weighted by atomic mass is 10.2. The van der Waals surface area contributed by atoms with Gasteiger partial charge in [0.15, 0.2) is 16.1 Å². The summed E-state index contributed by atoms with van der Waals surface area (Å²) in [4.78, 5) is 14.4. The van der Waals surface area contributed by atoms with Crippen LogP contribution in [0.4, 0.5) is 10.2 Å². The number of aromatic nitrogens is 3. The maximum Gasteiger partial charge on any atom is 0.228 e. The summed E-state index contributed by atoms with van der Waals surface area (Å²) in [5.41, 5.74) is 0.0872. The van der Waals surface area contributed by atoms with Crippen molar-refractivity contribution in [2.75, 3.05) is 37.5 Å². The number of hydrogen-bond donors (Lipinski definition) is 1. The first-order chi connectivity index (χ1) is 10.2. The second kappa shape index (κ2) is 5.78. The van der Waals surface area contributed by atoms with Crippen LogP contribution in [-0.2, 0) is 0 Å². The molecule has 0 fully saturated rings. The van der Waals surface area contributed by atoms with Crippen molar-refractivity contribution < 1.29 is 14.2 Å². The van der Waals surface area contributed by atoms with E-state index < -0.39 is 5.82 Å². The van der Waals surface area contributed by atoms with Crippen LogP contribution in [0.2, 0.25) is 5.15 Å². The molecule has 1 aliphatic heterocycles. The summed E-state index contributed by atoms with van der Waals surface area (Å²) in [6.07, 6.45) is 1.80. The molecule has 3 heterocycles. The first-order valence-electron chi connectivity index (χ1n) is 6.25. The van der Waals surface area contributed by atoms with Gasteiger partial charge in [0.1, 0.15) is 23.3 Å². The fourth-order valence-corrected chi connectivity index (χ4v) is 2.72. The maximum atomic E-state index is 14.3. The molecule has 3 rings (SSSR count). The molecule has 2 aromatic heterocycles. The highest BCUT2D eigenvalue weighted by Gasteiger charge is 2.26. The van der Waals surface area contributed by atoms with E-state index >= 15 is 0 Å². The third-order valence-electron chi connectivity index (χ3n) is 3.12. The Morgan fingerprint density at radius 3 is 2.95 bits per heavy atom. The third kappa shape index (κ3) is 2.47. The molecule has 0 amide bonds. The Kier molecular flexibility index (Phi) is 4.01. The van der Waals surface area contributed by atoms with E-state index in [0.29, 0.717) is 36.1 Å². The summed E-state index contributed by atoms with van der Waals surface area (Å²) in [5, 5.41) is 9.74. The van der Waals surface area contributed by atoms with Gasteiger partial charge in [0.25, 0.3) is 0 Å². The molecule has 0 saturated carbocycles. The van der Waals surface area contributed by atoms with Gasteiger partial charge < -0.3 is 14.7 Å². The van der Waals surface area contributed by atoms with Crippen LogP contribution in [0.5, 0.6) is 5.88 Å². The van der Waals surface area contributed by atoms with Crippen LogP contribution in [-0.4, -0.2) is 52.6 Å². The third-order valence-corrected chi connectivity index (χ3v) is 3.92. The van der Waals surface area contributed by atoms with Gasteiger partial charge in [-0.05, 0) is 6.26 Å². The van der Waals surface area contributed by atoms with Gasteiger partial charge >= 0.3 is 0 Å². The Morgan fingerprint density at radius 2 is 2.24 bits per heavy atom. The summed E-state index contributed by atoms with van der Waals surface area (Å²) >= 11 is 7.11. The number of rotatable bonds is 3. The fraction of sp³-hybridized carbons (Fsp3) is 0.417. The van der Waals surface area contributed by atoms with Crippen molar-refractivity contribution in [3.8, 4) is 5.88 Å². The van der Waals surface area contributed by atoms with Crippen molar-refractivity contribution >= 4 is 40.1 Å². The second-order valence-corrected chi connectivity index (χ2v) is 5.47. The molecule has 0 unspecified atom stereocenters. The van der Waals surface area contributed by atoms with E-state index in [2.05, 4.69) is 15.0 Å². The maximum absolute atomic E-state index is 14.3. The highest BCUT2D eigenvalue weighted by atomic mass is 35.5. The monoisotopic (exact) mass is 330 g/mol. The Labute approximate surface area is 129 Å². The minimum atomic E-state index is -0.691. The quantitative estimate of drug-likeness (QED) is 0.522. The van der Waals surface area contributed by atoms with E-state index in [1.807, 2.05) is 4.90 Å². The molecule has 0 atom stereocenters. The standard InChI is InChI=1S/C12H12ClFN4O2S/c1-21-12-15-8-6-10(17-12)18(2-4-19)3-5-20-11(6)16-9(13)7(8)14/h19H,2-5H2,1H3. The summed E-state index contributed by atoms with van der Waals surface area (Å²) in [7, 11) is 0. The van der Waals surface area contributed by atoms with Crippen molar-refractivity contribution in [3.63, 3.8) is 0 Å². The number of ether oxygens (including phenoxy) is 1. The molecular formula is C12H12ClFN4O2S. The van der Waals surface area contributed by atoms with Gasteiger partial charge in [0.05, 0.1) is 13.2 Å². The van der Waals surface area contributed by atoms with Gasteiger partial charge in [0, 0.05) is 6.54 Å². The number of aliphatic hydroxyl groups is 1. The molecular weight excluding hydrogens is 319 g/mol. The van der Waals surface area contributed by atoms with Crippen molar-refractivity contribution in [1.29, 1.82) is 0 Å². The predicted molar refractivity (Wildman–Crippen MR) is 78.9 cm³/mol. The van der Waals surface area contributed by atoms with E-state index in [1.165, 1.54) is 11.8 Å². The predicted octanol–water partition coefficient (Wildman–Crippen LogP) is 1.73. The first kappa shape index (κ1) is 14.6. The van der Waals surface area contributed by atoms with Crippen LogP contribution in [0.1, 0.15) is 0 Å².